The molecule has 4 rings (SSSR count). The van der Waals surface area contributed by atoms with Gasteiger partial charge in [-0.2, -0.15) is 0 Å². The maximum absolute atomic E-state index is 12.9. The largest absolute Gasteiger partial charge is 0.368 e. The van der Waals surface area contributed by atoms with Gasteiger partial charge in [-0.25, -0.2) is 0 Å². The van der Waals surface area contributed by atoms with Crippen LogP contribution in [-0.4, -0.2) is 49.4 Å². The van der Waals surface area contributed by atoms with E-state index in [0.717, 1.165) is 18.8 Å². The molecule has 0 saturated carbocycles. The number of piperazine rings is 1. The minimum Gasteiger partial charge on any atom is -0.368 e. The highest BCUT2D eigenvalue weighted by molar-refractivity contribution is 6.30. The van der Waals surface area contributed by atoms with Gasteiger partial charge in [0.1, 0.15) is 0 Å². The number of para-hydroxylation sites is 1. The Labute approximate surface area is 164 Å². The molecule has 6 heteroatoms. The smallest absolute Gasteiger partial charge is 0.228 e. The van der Waals surface area contributed by atoms with Crippen LogP contribution in [0.1, 0.15) is 6.42 Å². The number of nitrogens with zero attached hydrogens (tertiary/aromatic N) is 3. The highest BCUT2D eigenvalue weighted by Crippen LogP contribution is 2.28. The molecule has 5 nitrogen and oxygen atoms in total. The van der Waals surface area contributed by atoms with Gasteiger partial charge in [0.25, 0.3) is 0 Å². The summed E-state index contributed by atoms with van der Waals surface area (Å²) in [6, 6.07) is 17.4. The summed E-state index contributed by atoms with van der Waals surface area (Å²) < 4.78 is 0. The van der Waals surface area contributed by atoms with Crippen molar-refractivity contribution in [2.75, 3.05) is 42.5 Å². The van der Waals surface area contributed by atoms with Crippen LogP contribution in [0, 0.1) is 5.92 Å². The third-order valence-electron chi connectivity index (χ3n) is 5.33. The van der Waals surface area contributed by atoms with E-state index < -0.39 is 0 Å². The van der Waals surface area contributed by atoms with E-state index in [9.17, 15) is 9.59 Å². The first-order valence-corrected chi connectivity index (χ1v) is 9.64. The molecular formula is C21H22ClN3O2. The summed E-state index contributed by atoms with van der Waals surface area (Å²) >= 11 is 5.92. The average molecular weight is 384 g/mol. The quantitative estimate of drug-likeness (QED) is 0.818. The number of carbonyl (C=O) groups excluding carboxylic acids is 2. The molecule has 0 aromatic heterocycles. The fourth-order valence-electron chi connectivity index (χ4n) is 3.83. The number of rotatable bonds is 3. The summed E-state index contributed by atoms with van der Waals surface area (Å²) in [5.41, 5.74) is 1.99. The minimum atomic E-state index is -0.267. The lowest BCUT2D eigenvalue weighted by Gasteiger charge is -2.37. The molecule has 0 unspecified atom stereocenters. The number of anilines is 2. The molecule has 2 aliphatic rings. The predicted molar refractivity (Wildman–Crippen MR) is 107 cm³/mol. The average Bonchev–Trinajstić information content (AvgIpc) is 3.10. The molecule has 0 bridgehead atoms. The zero-order valence-corrected chi connectivity index (χ0v) is 15.8. The summed E-state index contributed by atoms with van der Waals surface area (Å²) in [5, 5.41) is 0.634. The first-order chi connectivity index (χ1) is 13.1. The van der Waals surface area contributed by atoms with Crippen LogP contribution in [0.25, 0.3) is 0 Å². The van der Waals surface area contributed by atoms with E-state index in [1.807, 2.05) is 35.2 Å². The summed E-state index contributed by atoms with van der Waals surface area (Å²) in [5.74, 6) is -0.178. The number of benzene rings is 2. The standard InChI is InChI=1S/C21H22ClN3O2/c22-17-6-8-19(9-7-17)25-15-16(14-20(25)26)21(27)24-12-10-23(11-13-24)18-4-2-1-3-5-18/h1-9,16H,10-15H2/t16-/m0/s1. The van der Waals surface area contributed by atoms with Gasteiger partial charge in [0, 0.05) is 55.5 Å². The first-order valence-electron chi connectivity index (χ1n) is 9.26. The number of hydrogen-bond acceptors (Lipinski definition) is 3. The lowest BCUT2D eigenvalue weighted by molar-refractivity contribution is -0.136. The zero-order valence-electron chi connectivity index (χ0n) is 15.1. The van der Waals surface area contributed by atoms with Gasteiger partial charge in [0.05, 0.1) is 5.92 Å². The second-order valence-electron chi connectivity index (χ2n) is 7.03. The van der Waals surface area contributed by atoms with Crippen molar-refractivity contribution in [3.8, 4) is 0 Å². The number of amides is 2. The third-order valence-corrected chi connectivity index (χ3v) is 5.58. The van der Waals surface area contributed by atoms with Gasteiger partial charge in [-0.05, 0) is 36.4 Å². The number of halogens is 1. The van der Waals surface area contributed by atoms with Crippen molar-refractivity contribution in [2.45, 2.75) is 6.42 Å². The number of hydrogen-bond donors (Lipinski definition) is 0. The van der Waals surface area contributed by atoms with E-state index in [4.69, 9.17) is 11.6 Å². The first kappa shape index (κ1) is 17.9. The molecule has 2 fully saturated rings. The SMILES string of the molecule is O=C([C@H]1CC(=O)N(c2ccc(Cl)cc2)C1)N1CCN(c2ccccc2)CC1. The summed E-state index contributed by atoms with van der Waals surface area (Å²) in [7, 11) is 0. The second-order valence-corrected chi connectivity index (χ2v) is 7.47. The lowest BCUT2D eigenvalue weighted by atomic mass is 10.1. The van der Waals surface area contributed by atoms with Crippen LogP contribution in [0.4, 0.5) is 11.4 Å². The van der Waals surface area contributed by atoms with E-state index in [2.05, 4.69) is 17.0 Å². The Morgan fingerprint density at radius 2 is 1.56 bits per heavy atom. The molecule has 27 heavy (non-hydrogen) atoms. The fourth-order valence-corrected chi connectivity index (χ4v) is 3.95. The maximum atomic E-state index is 12.9. The molecule has 2 heterocycles. The second kappa shape index (κ2) is 7.61. The van der Waals surface area contributed by atoms with E-state index in [-0.39, 0.29) is 24.2 Å². The summed E-state index contributed by atoms with van der Waals surface area (Å²) in [6.07, 6.45) is 0.278. The number of carbonyl (C=O) groups is 2. The zero-order chi connectivity index (χ0) is 18.8. The van der Waals surface area contributed by atoms with Crippen molar-refractivity contribution in [1.82, 2.24) is 4.90 Å². The van der Waals surface area contributed by atoms with Gasteiger partial charge in [-0.3, -0.25) is 9.59 Å². The molecule has 2 aromatic carbocycles. The Kier molecular flexibility index (Phi) is 5.03. The Bertz CT molecular complexity index is 817. The van der Waals surface area contributed by atoms with Crippen LogP contribution < -0.4 is 9.80 Å². The molecule has 0 N–H and O–H groups in total. The molecule has 2 aliphatic heterocycles. The Morgan fingerprint density at radius 1 is 0.889 bits per heavy atom. The molecule has 0 radical (unpaired) electrons. The Hall–Kier alpha value is -2.53. The normalized spacial score (nSPS) is 20.3. The predicted octanol–water partition coefficient (Wildman–Crippen LogP) is 3.04. The van der Waals surface area contributed by atoms with Crippen LogP contribution in [0.2, 0.25) is 5.02 Å². The van der Waals surface area contributed by atoms with Crippen LogP contribution >= 0.6 is 11.6 Å². The van der Waals surface area contributed by atoms with Gasteiger partial charge >= 0.3 is 0 Å². The molecule has 1 atom stereocenters. The van der Waals surface area contributed by atoms with Gasteiger partial charge in [-0.15, -0.1) is 0 Å². The summed E-state index contributed by atoms with van der Waals surface area (Å²) in [6.45, 7) is 3.46. The van der Waals surface area contributed by atoms with Gasteiger partial charge < -0.3 is 14.7 Å². The monoisotopic (exact) mass is 383 g/mol. The fraction of sp³-hybridized carbons (Fsp3) is 0.333. The van der Waals surface area contributed by atoms with Crippen molar-refractivity contribution in [1.29, 1.82) is 0 Å². The molecule has 0 aliphatic carbocycles. The van der Waals surface area contributed by atoms with Gasteiger partial charge in [-0.1, -0.05) is 29.8 Å². The van der Waals surface area contributed by atoms with Crippen LogP contribution in [0.3, 0.4) is 0 Å². The molecule has 140 valence electrons. The Balaban J connectivity index is 1.36. The van der Waals surface area contributed by atoms with Crippen molar-refractivity contribution in [3.05, 3.63) is 59.6 Å². The van der Waals surface area contributed by atoms with Crippen LogP contribution in [0.15, 0.2) is 54.6 Å². The molecule has 2 amide bonds. The van der Waals surface area contributed by atoms with Crippen molar-refractivity contribution < 1.29 is 9.59 Å². The molecular weight excluding hydrogens is 362 g/mol. The van der Waals surface area contributed by atoms with E-state index in [0.29, 0.717) is 24.7 Å². The van der Waals surface area contributed by atoms with Gasteiger partial charge in [0.15, 0.2) is 0 Å². The molecule has 0 spiro atoms. The maximum Gasteiger partial charge on any atom is 0.228 e. The minimum absolute atomic E-state index is 0.00130. The van der Waals surface area contributed by atoms with E-state index in [1.54, 1.807) is 17.0 Å². The van der Waals surface area contributed by atoms with Crippen molar-refractivity contribution in [2.24, 2.45) is 5.92 Å². The van der Waals surface area contributed by atoms with Gasteiger partial charge in [0.2, 0.25) is 11.8 Å². The molecule has 2 saturated heterocycles. The lowest BCUT2D eigenvalue weighted by Crippen LogP contribution is -2.50. The van der Waals surface area contributed by atoms with Crippen LogP contribution in [0.5, 0.6) is 0 Å². The molecule has 2 aromatic rings. The highest BCUT2D eigenvalue weighted by Gasteiger charge is 2.37. The highest BCUT2D eigenvalue weighted by atomic mass is 35.5. The van der Waals surface area contributed by atoms with E-state index >= 15 is 0 Å². The Morgan fingerprint density at radius 3 is 2.22 bits per heavy atom. The van der Waals surface area contributed by atoms with Crippen molar-refractivity contribution >= 4 is 34.8 Å². The van der Waals surface area contributed by atoms with E-state index in [1.165, 1.54) is 5.69 Å². The topological polar surface area (TPSA) is 43.9 Å². The third kappa shape index (κ3) is 3.78. The van der Waals surface area contributed by atoms with Crippen molar-refractivity contribution in [3.63, 3.8) is 0 Å². The van der Waals surface area contributed by atoms with Crippen LogP contribution in [-0.2, 0) is 9.59 Å². The summed E-state index contributed by atoms with van der Waals surface area (Å²) in [4.78, 5) is 31.2.